The van der Waals surface area contributed by atoms with Crippen LogP contribution in [-0.2, 0) is 0 Å². The van der Waals surface area contributed by atoms with Crippen molar-refractivity contribution in [2.75, 3.05) is 5.73 Å². The minimum Gasteiger partial charge on any atom is -0.383 e. The molecule has 1 amide bonds. The van der Waals surface area contributed by atoms with Gasteiger partial charge in [-0.15, -0.1) is 0 Å². The van der Waals surface area contributed by atoms with Crippen LogP contribution in [0, 0.1) is 17.8 Å². The minimum atomic E-state index is -0.428. The van der Waals surface area contributed by atoms with E-state index in [1.54, 1.807) is 15.5 Å². The van der Waals surface area contributed by atoms with Crippen LogP contribution in [-0.4, -0.2) is 26.5 Å². The molecule has 2 heterocycles. The summed E-state index contributed by atoms with van der Waals surface area (Å²) < 4.78 is 3.97. The maximum Gasteiger partial charge on any atom is 0.285 e. The minimum absolute atomic E-state index is 0.281. The van der Waals surface area contributed by atoms with Crippen LogP contribution in [0.2, 0.25) is 0 Å². The Hall–Kier alpha value is -4.34. The summed E-state index contributed by atoms with van der Waals surface area (Å²) >= 11 is 6.63. The van der Waals surface area contributed by atoms with Gasteiger partial charge in [0, 0.05) is 23.0 Å². The van der Waals surface area contributed by atoms with Crippen molar-refractivity contribution < 1.29 is 4.79 Å². The molecule has 0 saturated carbocycles. The Morgan fingerprint density at radius 1 is 0.973 bits per heavy atom. The Balaban J connectivity index is 1.42. The highest BCUT2D eigenvalue weighted by atomic mass is 32.1. The quantitative estimate of drug-likeness (QED) is 0.160. The van der Waals surface area contributed by atoms with Gasteiger partial charge in [-0.05, 0) is 50.3 Å². The number of hydrazone groups is 1. The van der Waals surface area contributed by atoms with Crippen LogP contribution < -0.4 is 11.2 Å². The van der Waals surface area contributed by atoms with E-state index < -0.39 is 5.91 Å². The Morgan fingerprint density at radius 2 is 1.62 bits per heavy atom. The van der Waals surface area contributed by atoms with Gasteiger partial charge >= 0.3 is 0 Å². The summed E-state index contributed by atoms with van der Waals surface area (Å²) in [6, 6.07) is 25.7. The van der Waals surface area contributed by atoms with Crippen LogP contribution in [0.15, 0.2) is 90.2 Å². The van der Waals surface area contributed by atoms with Crippen LogP contribution in [0.4, 0.5) is 5.82 Å². The maximum absolute atomic E-state index is 13.0. The maximum atomic E-state index is 13.0. The molecule has 3 N–H and O–H groups in total. The topological polar surface area (TPSA) is 90.2 Å². The molecule has 5 rings (SSSR count). The number of carbonyl (C=O) groups excluding carboxylic acids is 1. The number of aryl methyl sites for hydroxylation is 2. The summed E-state index contributed by atoms with van der Waals surface area (Å²) in [5.74, 6) is -0.146. The van der Waals surface area contributed by atoms with Crippen molar-refractivity contribution in [3.63, 3.8) is 0 Å². The molecule has 0 bridgehead atoms. The lowest BCUT2D eigenvalue weighted by molar-refractivity contribution is 0.0959. The Kier molecular flexibility index (Phi) is 6.80. The molecule has 0 unspecified atom stereocenters. The molecule has 184 valence electrons. The van der Waals surface area contributed by atoms with Gasteiger partial charge < -0.3 is 5.73 Å². The lowest BCUT2D eigenvalue weighted by atomic mass is 10.1. The Morgan fingerprint density at radius 3 is 2.30 bits per heavy atom. The number of nitrogens with one attached hydrogen (secondary N) is 1. The van der Waals surface area contributed by atoms with Gasteiger partial charge in [0.05, 0.1) is 11.9 Å². The zero-order valence-electron chi connectivity index (χ0n) is 20.3. The number of nitrogens with zero attached hydrogens (tertiary/aromatic N) is 4. The van der Waals surface area contributed by atoms with E-state index in [1.807, 2.05) is 98.9 Å². The molecule has 7 nitrogen and oxygen atoms in total. The molecule has 37 heavy (non-hydrogen) atoms. The Bertz CT molecular complexity index is 1650. The number of rotatable bonds is 6. The SMILES string of the molecule is Cc1ccc(-c2nn(-c3ccccc3)cc2/C=N/NC(=O)c2sc(=S)n(-c3ccc(C)cc3)c2N)cc1. The average molecular weight is 525 g/mol. The molecule has 0 saturated heterocycles. The summed E-state index contributed by atoms with van der Waals surface area (Å²) in [6.07, 6.45) is 3.47. The van der Waals surface area contributed by atoms with E-state index in [0.717, 1.165) is 50.7 Å². The number of thiazole rings is 1. The zero-order valence-corrected chi connectivity index (χ0v) is 21.9. The van der Waals surface area contributed by atoms with Crippen LogP contribution >= 0.6 is 23.6 Å². The summed E-state index contributed by atoms with van der Waals surface area (Å²) in [7, 11) is 0. The van der Waals surface area contributed by atoms with Gasteiger partial charge in [-0.1, -0.05) is 77.1 Å². The number of carbonyl (C=O) groups is 1. The van der Waals surface area contributed by atoms with Gasteiger partial charge in [0.15, 0.2) is 3.95 Å². The van der Waals surface area contributed by atoms with Gasteiger partial charge in [0.2, 0.25) is 0 Å². The Labute approximate surface area is 223 Å². The zero-order chi connectivity index (χ0) is 25.9. The first-order chi connectivity index (χ1) is 17.9. The number of nitrogen functional groups attached to an aromatic ring is 1. The van der Waals surface area contributed by atoms with Crippen molar-refractivity contribution in [2.45, 2.75) is 13.8 Å². The molecular formula is C28H24N6OS2. The van der Waals surface area contributed by atoms with Crippen molar-refractivity contribution in [2.24, 2.45) is 5.10 Å². The summed E-state index contributed by atoms with van der Waals surface area (Å²) in [4.78, 5) is 13.3. The number of anilines is 1. The van der Waals surface area contributed by atoms with Crippen LogP contribution in [0.5, 0.6) is 0 Å². The normalized spacial score (nSPS) is 11.2. The molecule has 0 aliphatic rings. The fourth-order valence-corrected chi connectivity index (χ4v) is 5.09. The highest BCUT2D eigenvalue weighted by Gasteiger charge is 2.18. The first-order valence-electron chi connectivity index (χ1n) is 11.5. The first kappa shape index (κ1) is 24.4. The van der Waals surface area contributed by atoms with Crippen LogP contribution in [0.25, 0.3) is 22.6 Å². The number of benzene rings is 3. The second-order valence-electron chi connectivity index (χ2n) is 8.53. The predicted octanol–water partition coefficient (Wildman–Crippen LogP) is 6.08. The molecule has 3 aromatic carbocycles. The first-order valence-corrected chi connectivity index (χ1v) is 12.8. The summed E-state index contributed by atoms with van der Waals surface area (Å²) in [5, 5.41) is 9.01. The third-order valence-electron chi connectivity index (χ3n) is 5.80. The third-order valence-corrected chi connectivity index (χ3v) is 7.19. The van der Waals surface area contributed by atoms with Crippen molar-refractivity contribution in [3.8, 4) is 22.6 Å². The standard InChI is InChI=1S/C28H24N6OS2/c1-18-8-12-20(13-9-18)24-21(17-33(32-24)22-6-4-3-5-7-22)16-30-31-27(35)25-26(29)34(28(36)37-25)23-14-10-19(2)11-15-23/h3-17H,29H2,1-2H3,(H,31,35)/b30-16+. The molecular weight excluding hydrogens is 500 g/mol. The summed E-state index contributed by atoms with van der Waals surface area (Å²) in [5.41, 5.74) is 15.4. The van der Waals surface area contributed by atoms with Crippen LogP contribution in [0.3, 0.4) is 0 Å². The molecule has 0 aliphatic heterocycles. The molecule has 0 spiro atoms. The summed E-state index contributed by atoms with van der Waals surface area (Å²) in [6.45, 7) is 4.04. The highest BCUT2D eigenvalue weighted by Crippen LogP contribution is 2.27. The number of hydrogen-bond donors (Lipinski definition) is 2. The molecule has 5 aromatic rings. The number of hydrogen-bond acceptors (Lipinski definition) is 6. The van der Waals surface area contributed by atoms with Gasteiger partial charge in [-0.3, -0.25) is 9.36 Å². The van der Waals surface area contributed by atoms with E-state index >= 15 is 0 Å². The van der Waals surface area contributed by atoms with E-state index in [4.69, 9.17) is 23.1 Å². The molecule has 0 radical (unpaired) electrons. The fourth-order valence-electron chi connectivity index (χ4n) is 3.83. The smallest absolute Gasteiger partial charge is 0.285 e. The second kappa shape index (κ2) is 10.3. The van der Waals surface area contributed by atoms with Gasteiger partial charge in [0.1, 0.15) is 16.4 Å². The molecule has 0 fully saturated rings. The molecule has 9 heteroatoms. The van der Waals surface area contributed by atoms with Crippen molar-refractivity contribution >= 4 is 41.5 Å². The largest absolute Gasteiger partial charge is 0.383 e. The van der Waals surface area contributed by atoms with Crippen molar-refractivity contribution in [1.29, 1.82) is 0 Å². The number of aromatic nitrogens is 3. The number of amides is 1. The van der Waals surface area contributed by atoms with Gasteiger partial charge in [0.25, 0.3) is 5.91 Å². The lowest BCUT2D eigenvalue weighted by Crippen LogP contribution is -2.18. The average Bonchev–Trinajstić information content (AvgIpc) is 3.46. The van der Waals surface area contributed by atoms with Crippen LogP contribution in [0.1, 0.15) is 26.4 Å². The molecule has 0 aliphatic carbocycles. The van der Waals surface area contributed by atoms with E-state index in [0.29, 0.717) is 8.83 Å². The van der Waals surface area contributed by atoms with Crippen molar-refractivity contribution in [3.05, 3.63) is 111 Å². The van der Waals surface area contributed by atoms with E-state index in [1.165, 1.54) is 0 Å². The van der Waals surface area contributed by atoms with E-state index in [2.05, 4.69) is 10.5 Å². The van der Waals surface area contributed by atoms with Crippen molar-refractivity contribution in [1.82, 2.24) is 19.8 Å². The number of para-hydroxylation sites is 1. The second-order valence-corrected chi connectivity index (χ2v) is 10.2. The van der Waals surface area contributed by atoms with Gasteiger partial charge in [-0.25, -0.2) is 10.1 Å². The predicted molar refractivity (Wildman–Crippen MR) is 152 cm³/mol. The van der Waals surface area contributed by atoms with E-state index in [9.17, 15) is 4.79 Å². The highest BCUT2D eigenvalue weighted by molar-refractivity contribution is 7.73. The lowest BCUT2D eigenvalue weighted by Gasteiger charge is -2.06. The fraction of sp³-hybridized carbons (Fsp3) is 0.0714. The molecule has 2 aromatic heterocycles. The monoisotopic (exact) mass is 524 g/mol. The third kappa shape index (κ3) is 5.13. The van der Waals surface area contributed by atoms with E-state index in [-0.39, 0.29) is 5.82 Å². The molecule has 0 atom stereocenters. The van der Waals surface area contributed by atoms with Gasteiger partial charge in [-0.2, -0.15) is 10.2 Å². The number of nitrogens with two attached hydrogens (primary N) is 1.